The highest BCUT2D eigenvalue weighted by atomic mass is 32.2. The van der Waals surface area contributed by atoms with Crippen LogP contribution in [0.15, 0.2) is 4.99 Å². The van der Waals surface area contributed by atoms with Crippen LogP contribution in [0.5, 0.6) is 0 Å². The Bertz CT molecular complexity index is 556. The Kier molecular flexibility index (Phi) is 7.99. The van der Waals surface area contributed by atoms with E-state index >= 15 is 0 Å². The van der Waals surface area contributed by atoms with Gasteiger partial charge in [-0.1, -0.05) is 24.4 Å². The van der Waals surface area contributed by atoms with Crippen LogP contribution >= 0.6 is 48.0 Å². The van der Waals surface area contributed by atoms with Crippen LogP contribution in [0.3, 0.4) is 0 Å². The Hall–Kier alpha value is -0.580. The summed E-state index contributed by atoms with van der Waals surface area (Å²) < 4.78 is 1.33. The normalized spacial score (nSPS) is 31.6. The van der Waals surface area contributed by atoms with Gasteiger partial charge >= 0.3 is 0 Å². The van der Waals surface area contributed by atoms with Gasteiger partial charge in [0.15, 0.2) is 10.3 Å². The number of rotatable bonds is 1. The molecule has 0 aromatic heterocycles. The van der Waals surface area contributed by atoms with Crippen molar-refractivity contribution in [2.45, 2.75) is 44.1 Å². The van der Waals surface area contributed by atoms with Gasteiger partial charge in [0.05, 0.1) is 0 Å². The zero-order valence-corrected chi connectivity index (χ0v) is 18.5. The van der Waals surface area contributed by atoms with E-state index in [4.69, 9.17) is 41.3 Å². The molecule has 6 nitrogen and oxygen atoms in total. The molecule has 0 aromatic rings. The summed E-state index contributed by atoms with van der Waals surface area (Å²) in [4.78, 5) is 3.71. The molecule has 4 bridgehead atoms. The monoisotopic (exact) mass is 432 g/mol. The summed E-state index contributed by atoms with van der Waals surface area (Å²) in [5.74, 6) is 2.75. The maximum Gasteiger partial charge on any atom is 0.160 e. The first-order chi connectivity index (χ1) is 12.2. The largest absolute Gasteiger partial charge is 0.378 e. The van der Waals surface area contributed by atoms with E-state index in [2.05, 4.69) is 15.6 Å². The van der Waals surface area contributed by atoms with Crippen LogP contribution in [-0.2, 0) is 0 Å². The summed E-state index contributed by atoms with van der Waals surface area (Å²) in [6, 6.07) is 0. The highest BCUT2D eigenvalue weighted by Crippen LogP contribution is 2.55. The van der Waals surface area contributed by atoms with Crippen molar-refractivity contribution in [3.05, 3.63) is 0 Å². The first-order valence-electron chi connectivity index (χ1n) is 8.71. The molecular weight excluding hydrogens is 404 g/mol. The van der Waals surface area contributed by atoms with E-state index in [0.717, 1.165) is 17.8 Å². The molecule has 0 spiro atoms. The molecule has 4 saturated carbocycles. The second-order valence-electron chi connectivity index (χ2n) is 7.28. The SMILES string of the molecule is CN=C(N)SC(=S)NC.N=C(N)SC(=S)NC12CC3CC(CC(C3)C1)C2. The minimum atomic E-state index is 0.0900. The maximum atomic E-state index is 7.28. The molecular formula is C16H28N6S4. The van der Waals surface area contributed by atoms with E-state index < -0.39 is 0 Å². The van der Waals surface area contributed by atoms with Crippen LogP contribution in [0.2, 0.25) is 0 Å². The Morgan fingerprint density at radius 2 is 1.54 bits per heavy atom. The van der Waals surface area contributed by atoms with Gasteiger partial charge in [0.2, 0.25) is 0 Å². The first kappa shape index (κ1) is 21.7. The zero-order chi connectivity index (χ0) is 19.3. The third-order valence-electron chi connectivity index (χ3n) is 5.23. The van der Waals surface area contributed by atoms with Crippen molar-refractivity contribution < 1.29 is 0 Å². The fraction of sp³-hybridized carbons (Fsp3) is 0.750. The first-order valence-corrected chi connectivity index (χ1v) is 11.2. The lowest BCUT2D eigenvalue weighted by Crippen LogP contribution is -2.59. The van der Waals surface area contributed by atoms with Gasteiger partial charge in [-0.05, 0) is 79.8 Å². The van der Waals surface area contributed by atoms with E-state index in [1.165, 1.54) is 62.0 Å². The summed E-state index contributed by atoms with van der Waals surface area (Å²) in [6.07, 6.45) is 8.14. The summed E-state index contributed by atoms with van der Waals surface area (Å²) in [6.45, 7) is 0. The third-order valence-corrected chi connectivity index (χ3v) is 7.32. The van der Waals surface area contributed by atoms with Crippen LogP contribution in [-0.4, -0.2) is 38.6 Å². The summed E-state index contributed by atoms with van der Waals surface area (Å²) >= 11 is 12.5. The Morgan fingerprint density at radius 3 is 1.92 bits per heavy atom. The molecule has 0 aliphatic heterocycles. The molecule has 0 heterocycles. The van der Waals surface area contributed by atoms with Crippen LogP contribution in [0.4, 0.5) is 0 Å². The van der Waals surface area contributed by atoms with Gasteiger partial charge in [-0.2, -0.15) is 0 Å². The van der Waals surface area contributed by atoms with Crippen LogP contribution in [0.1, 0.15) is 38.5 Å². The van der Waals surface area contributed by atoms with Gasteiger partial charge in [-0.25, -0.2) is 0 Å². The summed E-state index contributed by atoms with van der Waals surface area (Å²) in [5.41, 5.74) is 11.0. The van der Waals surface area contributed by atoms with Crippen molar-refractivity contribution in [3.63, 3.8) is 0 Å². The summed E-state index contributed by atoms with van der Waals surface area (Å²) in [7, 11) is 3.37. The van der Waals surface area contributed by atoms with Gasteiger partial charge in [-0.15, -0.1) is 0 Å². The molecule has 7 N–H and O–H groups in total. The minimum Gasteiger partial charge on any atom is -0.378 e. The second kappa shape index (κ2) is 9.57. The van der Waals surface area contributed by atoms with E-state index in [1.807, 2.05) is 0 Å². The summed E-state index contributed by atoms with van der Waals surface area (Å²) in [5, 5.41) is 14.1. The lowest BCUT2D eigenvalue weighted by molar-refractivity contribution is -0.00933. The fourth-order valence-corrected chi connectivity index (χ4v) is 6.39. The van der Waals surface area contributed by atoms with E-state index in [9.17, 15) is 0 Å². The smallest absolute Gasteiger partial charge is 0.160 e. The molecule has 4 rings (SSSR count). The molecule has 0 aromatic carbocycles. The fourth-order valence-electron chi connectivity index (χ4n) is 4.80. The van der Waals surface area contributed by atoms with E-state index in [1.54, 1.807) is 14.1 Å². The maximum absolute atomic E-state index is 7.28. The molecule has 0 unspecified atom stereocenters. The quantitative estimate of drug-likeness (QED) is 0.244. The molecule has 0 radical (unpaired) electrons. The highest BCUT2D eigenvalue weighted by molar-refractivity contribution is 8.33. The molecule has 4 aliphatic carbocycles. The van der Waals surface area contributed by atoms with Crippen LogP contribution in [0.25, 0.3) is 0 Å². The molecule has 0 saturated heterocycles. The number of thiocarbonyl (C=S) groups is 2. The minimum absolute atomic E-state index is 0.0900. The van der Waals surface area contributed by atoms with Crippen molar-refractivity contribution in [1.29, 1.82) is 5.41 Å². The topological polar surface area (TPSA) is 112 Å². The van der Waals surface area contributed by atoms with Gasteiger partial charge in [-0.3, -0.25) is 10.4 Å². The van der Waals surface area contributed by atoms with Crippen molar-refractivity contribution in [2.75, 3.05) is 14.1 Å². The number of hydrogen-bond acceptors (Lipinski definition) is 6. The molecule has 146 valence electrons. The zero-order valence-electron chi connectivity index (χ0n) is 15.2. The number of nitrogens with two attached hydrogens (primary N) is 2. The number of nitrogens with zero attached hydrogens (tertiary/aromatic N) is 1. The molecule has 26 heavy (non-hydrogen) atoms. The van der Waals surface area contributed by atoms with E-state index in [-0.39, 0.29) is 10.7 Å². The molecule has 0 amide bonds. The number of thioether (sulfide) groups is 2. The lowest BCUT2D eigenvalue weighted by atomic mass is 9.53. The number of aliphatic imine (C=N–C) groups is 1. The molecule has 4 fully saturated rings. The second-order valence-corrected chi connectivity index (χ2v) is 10.7. The average molecular weight is 433 g/mol. The Morgan fingerprint density at radius 1 is 1.04 bits per heavy atom. The Balaban J connectivity index is 0.000000232. The van der Waals surface area contributed by atoms with Gasteiger partial charge < -0.3 is 22.1 Å². The number of nitrogens with one attached hydrogen (secondary N) is 3. The van der Waals surface area contributed by atoms with Gasteiger partial charge in [0.25, 0.3) is 0 Å². The number of amidine groups is 2. The molecule has 10 heteroatoms. The Labute approximate surface area is 175 Å². The number of hydrogen-bond donors (Lipinski definition) is 5. The average Bonchev–Trinajstić information content (AvgIpc) is 2.52. The van der Waals surface area contributed by atoms with Crippen molar-refractivity contribution >= 4 is 66.9 Å². The van der Waals surface area contributed by atoms with Gasteiger partial charge in [0.1, 0.15) is 8.64 Å². The van der Waals surface area contributed by atoms with E-state index in [0.29, 0.717) is 13.8 Å². The molecule has 0 atom stereocenters. The van der Waals surface area contributed by atoms with Crippen LogP contribution < -0.4 is 22.1 Å². The van der Waals surface area contributed by atoms with Crippen molar-refractivity contribution in [1.82, 2.24) is 10.6 Å². The lowest BCUT2D eigenvalue weighted by Gasteiger charge is -2.57. The standard InChI is InChI=1S/C12H19N3S2.C4H9N3S2/c13-10(14)17-11(16)15-12-4-7-1-8(5-12)3-9(2-7)6-12;1-6-3(5)9-4(8)7-2/h7-9H,1-6H2,(H3,13,14)(H,15,16);1-2H3,(H2,5,6)(H,7,8). The van der Waals surface area contributed by atoms with Crippen molar-refractivity contribution in [3.8, 4) is 0 Å². The van der Waals surface area contributed by atoms with Crippen molar-refractivity contribution in [2.24, 2.45) is 34.2 Å². The van der Waals surface area contributed by atoms with Gasteiger partial charge in [0, 0.05) is 19.6 Å². The van der Waals surface area contributed by atoms with Crippen LogP contribution in [0, 0.1) is 23.2 Å². The predicted molar refractivity (Wildman–Crippen MR) is 123 cm³/mol. The molecule has 4 aliphatic rings. The predicted octanol–water partition coefficient (Wildman–Crippen LogP) is 2.62. The third kappa shape index (κ3) is 6.24. The highest BCUT2D eigenvalue weighted by Gasteiger charge is 2.51.